The van der Waals surface area contributed by atoms with Crippen LogP contribution in [-0.2, 0) is 0 Å². The van der Waals surface area contributed by atoms with Crippen molar-refractivity contribution in [2.45, 2.75) is 19.8 Å². The zero-order chi connectivity index (χ0) is 14.1. The van der Waals surface area contributed by atoms with Crippen LogP contribution in [0.15, 0.2) is 47.3 Å². The first kappa shape index (κ1) is 12.6. The fraction of sp³-hybridized carbons (Fsp3) is 0.200. The Morgan fingerprint density at radius 2 is 2.15 bits per heavy atom. The van der Waals surface area contributed by atoms with Crippen molar-refractivity contribution in [3.05, 3.63) is 54.6 Å². The van der Waals surface area contributed by atoms with E-state index in [1.54, 1.807) is 29.3 Å². The van der Waals surface area contributed by atoms with Gasteiger partial charge in [0.25, 0.3) is 0 Å². The van der Waals surface area contributed by atoms with Crippen LogP contribution in [0.3, 0.4) is 0 Å². The van der Waals surface area contributed by atoms with Crippen LogP contribution in [0.1, 0.15) is 25.7 Å². The normalized spacial score (nSPS) is 11.2. The number of rotatable bonds is 3. The number of oxazole rings is 1. The average Bonchev–Trinajstić information content (AvgIpc) is 3.07. The first-order chi connectivity index (χ1) is 9.65. The Bertz CT molecular complexity index is 730. The summed E-state index contributed by atoms with van der Waals surface area (Å²) in [6.07, 6.45) is 5.01. The van der Waals surface area contributed by atoms with E-state index >= 15 is 0 Å². The summed E-state index contributed by atoms with van der Waals surface area (Å²) in [6, 6.07) is 6.34. The number of imidazole rings is 1. The molecule has 3 rings (SSSR count). The highest BCUT2D eigenvalue weighted by Crippen LogP contribution is 2.23. The van der Waals surface area contributed by atoms with Crippen molar-refractivity contribution in [1.29, 1.82) is 0 Å². The molecular formula is C15H14FN3O. The second kappa shape index (κ2) is 4.92. The van der Waals surface area contributed by atoms with E-state index in [1.165, 1.54) is 12.1 Å². The average molecular weight is 271 g/mol. The van der Waals surface area contributed by atoms with Gasteiger partial charge in [0.1, 0.15) is 17.8 Å². The van der Waals surface area contributed by atoms with Gasteiger partial charge in [-0.2, -0.15) is 0 Å². The van der Waals surface area contributed by atoms with Crippen LogP contribution in [0.5, 0.6) is 0 Å². The zero-order valence-corrected chi connectivity index (χ0v) is 11.2. The summed E-state index contributed by atoms with van der Waals surface area (Å²) in [5, 5.41) is 0. The van der Waals surface area contributed by atoms with E-state index in [1.807, 2.05) is 19.9 Å². The number of nitrogens with zero attached hydrogens (tertiary/aromatic N) is 3. The van der Waals surface area contributed by atoms with Crippen molar-refractivity contribution in [2.24, 2.45) is 0 Å². The Balaban J connectivity index is 2.05. The molecule has 0 aliphatic carbocycles. The van der Waals surface area contributed by atoms with Gasteiger partial charge in [-0.25, -0.2) is 14.4 Å². The maximum Gasteiger partial charge on any atom is 0.197 e. The maximum absolute atomic E-state index is 13.3. The third-order valence-corrected chi connectivity index (χ3v) is 2.97. The second-order valence-corrected chi connectivity index (χ2v) is 4.83. The van der Waals surface area contributed by atoms with Gasteiger partial charge in [-0.3, -0.25) is 4.57 Å². The Labute approximate surface area is 115 Å². The zero-order valence-electron chi connectivity index (χ0n) is 11.2. The van der Waals surface area contributed by atoms with Gasteiger partial charge in [0.05, 0.1) is 5.69 Å². The molecule has 0 radical (unpaired) electrons. The van der Waals surface area contributed by atoms with Gasteiger partial charge < -0.3 is 4.42 Å². The Morgan fingerprint density at radius 1 is 1.30 bits per heavy atom. The molecule has 2 heterocycles. The molecule has 0 aliphatic rings. The monoisotopic (exact) mass is 271 g/mol. The Morgan fingerprint density at radius 3 is 2.85 bits per heavy atom. The number of aromatic nitrogens is 3. The quantitative estimate of drug-likeness (QED) is 0.728. The molecule has 102 valence electrons. The highest BCUT2D eigenvalue weighted by molar-refractivity contribution is 5.53. The lowest BCUT2D eigenvalue weighted by atomic mass is 10.2. The fourth-order valence-corrected chi connectivity index (χ4v) is 1.98. The number of benzene rings is 1. The molecule has 5 heteroatoms. The molecular weight excluding hydrogens is 257 g/mol. The lowest BCUT2D eigenvalue weighted by Gasteiger charge is -2.05. The number of hydrogen-bond donors (Lipinski definition) is 0. The lowest BCUT2D eigenvalue weighted by molar-refractivity contribution is 0.471. The molecule has 2 aromatic heterocycles. The smallest absolute Gasteiger partial charge is 0.197 e. The van der Waals surface area contributed by atoms with E-state index in [0.29, 0.717) is 23.1 Å². The van der Waals surface area contributed by atoms with E-state index in [4.69, 9.17) is 4.42 Å². The summed E-state index contributed by atoms with van der Waals surface area (Å²) in [4.78, 5) is 8.70. The van der Waals surface area contributed by atoms with Crippen molar-refractivity contribution in [3.8, 4) is 17.2 Å². The SMILES string of the molecule is CC(C)c1nc(-c2nccn2-c2cccc(F)c2)co1. The van der Waals surface area contributed by atoms with Crippen LogP contribution in [0.2, 0.25) is 0 Å². The fourth-order valence-electron chi connectivity index (χ4n) is 1.98. The van der Waals surface area contributed by atoms with Crippen LogP contribution in [0.25, 0.3) is 17.2 Å². The van der Waals surface area contributed by atoms with Gasteiger partial charge in [0, 0.05) is 18.3 Å². The molecule has 0 aliphatic heterocycles. The van der Waals surface area contributed by atoms with Crippen molar-refractivity contribution in [2.75, 3.05) is 0 Å². The third kappa shape index (κ3) is 2.22. The number of hydrogen-bond acceptors (Lipinski definition) is 3. The molecule has 0 unspecified atom stereocenters. The van der Waals surface area contributed by atoms with Crippen LogP contribution >= 0.6 is 0 Å². The predicted molar refractivity (Wildman–Crippen MR) is 73.1 cm³/mol. The van der Waals surface area contributed by atoms with E-state index in [9.17, 15) is 4.39 Å². The molecule has 0 saturated carbocycles. The standard InChI is InChI=1S/C15H14FN3O/c1-10(2)15-18-13(9-20-15)14-17-6-7-19(14)12-5-3-4-11(16)8-12/h3-10H,1-2H3. The van der Waals surface area contributed by atoms with Crippen molar-refractivity contribution >= 4 is 0 Å². The molecule has 0 N–H and O–H groups in total. The summed E-state index contributed by atoms with van der Waals surface area (Å²) >= 11 is 0. The predicted octanol–water partition coefficient (Wildman–Crippen LogP) is 3.79. The van der Waals surface area contributed by atoms with Crippen LogP contribution < -0.4 is 0 Å². The molecule has 0 saturated heterocycles. The van der Waals surface area contributed by atoms with Gasteiger partial charge in [0.2, 0.25) is 0 Å². The lowest BCUT2D eigenvalue weighted by Crippen LogP contribution is -1.97. The molecule has 1 aromatic carbocycles. The van der Waals surface area contributed by atoms with Crippen molar-refractivity contribution in [3.63, 3.8) is 0 Å². The Kier molecular flexibility index (Phi) is 3.10. The highest BCUT2D eigenvalue weighted by atomic mass is 19.1. The first-order valence-electron chi connectivity index (χ1n) is 6.40. The van der Waals surface area contributed by atoms with Crippen LogP contribution in [0, 0.1) is 5.82 Å². The summed E-state index contributed by atoms with van der Waals surface area (Å²) in [5.41, 5.74) is 1.34. The maximum atomic E-state index is 13.3. The molecule has 3 aromatic rings. The van der Waals surface area contributed by atoms with Gasteiger partial charge in [0.15, 0.2) is 11.7 Å². The van der Waals surface area contributed by atoms with Gasteiger partial charge >= 0.3 is 0 Å². The summed E-state index contributed by atoms with van der Waals surface area (Å²) in [7, 11) is 0. The second-order valence-electron chi connectivity index (χ2n) is 4.83. The topological polar surface area (TPSA) is 43.9 Å². The highest BCUT2D eigenvalue weighted by Gasteiger charge is 2.14. The minimum absolute atomic E-state index is 0.210. The molecule has 0 spiro atoms. The minimum atomic E-state index is -0.287. The summed E-state index contributed by atoms with van der Waals surface area (Å²) < 4.78 is 20.5. The van der Waals surface area contributed by atoms with E-state index < -0.39 is 0 Å². The van der Waals surface area contributed by atoms with Crippen LogP contribution in [-0.4, -0.2) is 14.5 Å². The third-order valence-electron chi connectivity index (χ3n) is 2.97. The van der Waals surface area contributed by atoms with E-state index in [2.05, 4.69) is 9.97 Å². The molecule has 0 atom stereocenters. The minimum Gasteiger partial charge on any atom is -0.448 e. The Hall–Kier alpha value is -2.43. The van der Waals surface area contributed by atoms with Gasteiger partial charge in [-0.05, 0) is 18.2 Å². The van der Waals surface area contributed by atoms with E-state index in [-0.39, 0.29) is 11.7 Å². The summed E-state index contributed by atoms with van der Waals surface area (Å²) in [6.45, 7) is 4.02. The first-order valence-corrected chi connectivity index (χ1v) is 6.40. The van der Waals surface area contributed by atoms with Gasteiger partial charge in [-0.1, -0.05) is 19.9 Å². The molecule has 4 nitrogen and oxygen atoms in total. The molecule has 0 amide bonds. The molecule has 20 heavy (non-hydrogen) atoms. The largest absolute Gasteiger partial charge is 0.448 e. The van der Waals surface area contributed by atoms with Crippen molar-refractivity contribution < 1.29 is 8.81 Å². The van der Waals surface area contributed by atoms with Crippen molar-refractivity contribution in [1.82, 2.24) is 14.5 Å². The number of halogens is 1. The molecule has 0 fully saturated rings. The van der Waals surface area contributed by atoms with Gasteiger partial charge in [-0.15, -0.1) is 0 Å². The van der Waals surface area contributed by atoms with E-state index in [0.717, 1.165) is 0 Å². The van der Waals surface area contributed by atoms with Crippen LogP contribution in [0.4, 0.5) is 4.39 Å². The molecule has 0 bridgehead atoms. The summed E-state index contributed by atoms with van der Waals surface area (Å²) in [5.74, 6) is 1.21.